The second kappa shape index (κ2) is 9.46. The summed E-state index contributed by atoms with van der Waals surface area (Å²) >= 11 is 0. The molecule has 0 bridgehead atoms. The molecule has 1 atom stereocenters. The van der Waals surface area contributed by atoms with Gasteiger partial charge in [0.1, 0.15) is 11.9 Å². The van der Waals surface area contributed by atoms with E-state index in [-0.39, 0.29) is 24.1 Å². The van der Waals surface area contributed by atoms with Crippen molar-refractivity contribution in [2.24, 2.45) is 5.92 Å². The number of ether oxygens (including phenoxy) is 1. The average Bonchev–Trinajstić information content (AvgIpc) is 3.07. The third-order valence-electron chi connectivity index (χ3n) is 5.67. The van der Waals surface area contributed by atoms with Gasteiger partial charge in [-0.05, 0) is 56.4 Å². The van der Waals surface area contributed by atoms with E-state index >= 15 is 0 Å². The molecule has 170 valence electrons. The largest absolute Gasteiger partial charge is 0.467 e. The van der Waals surface area contributed by atoms with Gasteiger partial charge < -0.3 is 10.1 Å². The van der Waals surface area contributed by atoms with Crippen LogP contribution in [0.1, 0.15) is 42.9 Å². The Bertz CT molecular complexity index is 1150. The van der Waals surface area contributed by atoms with E-state index in [2.05, 4.69) is 10.4 Å². The number of fused-ring (bicyclic) bond motifs is 1. The summed E-state index contributed by atoms with van der Waals surface area (Å²) in [7, 11) is 1.31. The predicted octanol–water partition coefficient (Wildman–Crippen LogP) is 3.71. The Kier molecular flexibility index (Phi) is 6.91. The number of amides is 1. The van der Waals surface area contributed by atoms with Crippen LogP contribution in [0.4, 0.5) is 4.39 Å². The van der Waals surface area contributed by atoms with E-state index < -0.39 is 12.0 Å². The molecule has 0 saturated carbocycles. The third-order valence-corrected chi connectivity index (χ3v) is 5.67. The molecule has 0 spiro atoms. The van der Waals surface area contributed by atoms with Crippen molar-refractivity contribution in [3.63, 3.8) is 0 Å². The summed E-state index contributed by atoms with van der Waals surface area (Å²) in [5.41, 5.74) is 5.82. The lowest BCUT2D eigenvalue weighted by Crippen LogP contribution is -2.45. The summed E-state index contributed by atoms with van der Waals surface area (Å²) in [4.78, 5) is 29.2. The second-order valence-electron chi connectivity index (χ2n) is 8.28. The number of aryl methyl sites for hydroxylation is 3. The zero-order valence-electron chi connectivity index (χ0n) is 19.3. The van der Waals surface area contributed by atoms with Gasteiger partial charge in [-0.25, -0.2) is 18.7 Å². The summed E-state index contributed by atoms with van der Waals surface area (Å²) in [6.07, 6.45) is 0.670. The number of halogens is 1. The normalized spacial score (nSPS) is 12.2. The molecular weight excluding hydrogens is 411 g/mol. The summed E-state index contributed by atoms with van der Waals surface area (Å²) in [6.45, 7) is 9.46. The maximum absolute atomic E-state index is 13.4. The van der Waals surface area contributed by atoms with Crippen LogP contribution in [0.25, 0.3) is 16.8 Å². The Morgan fingerprint density at radius 3 is 2.38 bits per heavy atom. The van der Waals surface area contributed by atoms with Gasteiger partial charge in [-0.3, -0.25) is 4.79 Å². The molecule has 2 heterocycles. The fourth-order valence-electron chi connectivity index (χ4n) is 3.89. The molecule has 32 heavy (non-hydrogen) atoms. The number of hydrogen-bond acceptors (Lipinski definition) is 5. The molecular formula is C24H29FN4O3. The van der Waals surface area contributed by atoms with E-state index in [1.165, 1.54) is 19.2 Å². The van der Waals surface area contributed by atoms with Crippen LogP contribution < -0.4 is 5.32 Å². The molecule has 1 aromatic carbocycles. The van der Waals surface area contributed by atoms with Crippen molar-refractivity contribution in [3.05, 3.63) is 52.7 Å². The van der Waals surface area contributed by atoms with Gasteiger partial charge in [0.15, 0.2) is 5.65 Å². The lowest BCUT2D eigenvalue weighted by atomic mass is 10.0. The number of hydrogen-bond donors (Lipinski definition) is 1. The van der Waals surface area contributed by atoms with Crippen LogP contribution >= 0.6 is 0 Å². The van der Waals surface area contributed by atoms with E-state index in [1.54, 1.807) is 16.6 Å². The third kappa shape index (κ3) is 4.64. The molecule has 0 radical (unpaired) electrons. The molecule has 0 aliphatic carbocycles. The Morgan fingerprint density at radius 1 is 1.12 bits per heavy atom. The Labute approximate surface area is 187 Å². The highest BCUT2D eigenvalue weighted by Gasteiger charge is 2.25. The molecule has 0 aliphatic rings. The van der Waals surface area contributed by atoms with Crippen molar-refractivity contribution < 1.29 is 18.7 Å². The molecule has 8 heteroatoms. The molecule has 3 rings (SSSR count). The first-order valence-corrected chi connectivity index (χ1v) is 10.6. The van der Waals surface area contributed by atoms with Crippen molar-refractivity contribution in [1.29, 1.82) is 0 Å². The zero-order valence-corrected chi connectivity index (χ0v) is 19.3. The van der Waals surface area contributed by atoms with Crippen molar-refractivity contribution >= 4 is 17.5 Å². The number of rotatable bonds is 7. The molecule has 0 fully saturated rings. The molecule has 0 saturated heterocycles. The highest BCUT2D eigenvalue weighted by atomic mass is 19.1. The number of carbonyl (C=O) groups excluding carboxylic acids is 2. The monoisotopic (exact) mass is 440 g/mol. The van der Waals surface area contributed by atoms with Crippen molar-refractivity contribution in [3.8, 4) is 11.1 Å². The van der Waals surface area contributed by atoms with Gasteiger partial charge >= 0.3 is 5.97 Å². The Hall–Kier alpha value is -3.29. The van der Waals surface area contributed by atoms with Gasteiger partial charge in [0.25, 0.3) is 0 Å². The minimum Gasteiger partial charge on any atom is -0.467 e. The fraction of sp³-hybridized carbons (Fsp3) is 0.417. The number of methoxy groups -OCH3 is 1. The fourth-order valence-corrected chi connectivity index (χ4v) is 3.89. The molecule has 7 nitrogen and oxygen atoms in total. The van der Waals surface area contributed by atoms with Crippen LogP contribution in [-0.2, 0) is 20.7 Å². The van der Waals surface area contributed by atoms with E-state index in [0.717, 1.165) is 33.8 Å². The average molecular weight is 441 g/mol. The minimum absolute atomic E-state index is 0.0789. The quantitative estimate of drug-likeness (QED) is 0.566. The summed E-state index contributed by atoms with van der Waals surface area (Å²) in [5.74, 6) is -1.05. The van der Waals surface area contributed by atoms with Crippen molar-refractivity contribution in [2.45, 2.75) is 53.5 Å². The van der Waals surface area contributed by atoms with Crippen LogP contribution in [-0.4, -0.2) is 39.6 Å². The molecule has 0 aliphatic heterocycles. The summed E-state index contributed by atoms with van der Waals surface area (Å²) in [6, 6.07) is 5.60. The molecule has 1 amide bonds. The minimum atomic E-state index is -0.678. The van der Waals surface area contributed by atoms with E-state index in [9.17, 15) is 14.0 Å². The van der Waals surface area contributed by atoms with E-state index in [4.69, 9.17) is 9.72 Å². The lowest BCUT2D eigenvalue weighted by Gasteiger charge is -2.20. The number of benzene rings is 1. The van der Waals surface area contributed by atoms with Gasteiger partial charge in [-0.15, -0.1) is 0 Å². The number of carbonyl (C=O) groups is 2. The number of nitrogens with one attached hydrogen (secondary N) is 1. The van der Waals surface area contributed by atoms with Crippen LogP contribution in [0, 0.1) is 32.5 Å². The zero-order chi connectivity index (χ0) is 23.6. The lowest BCUT2D eigenvalue weighted by molar-refractivity contribution is -0.146. The van der Waals surface area contributed by atoms with Gasteiger partial charge in [0, 0.05) is 23.4 Å². The number of nitrogens with zero attached hydrogens (tertiary/aromatic N) is 3. The first-order valence-electron chi connectivity index (χ1n) is 10.6. The molecule has 0 unspecified atom stereocenters. The SMILES string of the molecule is COC(=O)[C@@H](NC(=O)CCc1c(C)nc2c(-c3ccc(F)cc3)c(C)nn2c1C)C(C)C. The van der Waals surface area contributed by atoms with E-state index in [0.29, 0.717) is 12.1 Å². The first kappa shape index (κ1) is 23.4. The smallest absolute Gasteiger partial charge is 0.328 e. The Morgan fingerprint density at radius 2 is 1.78 bits per heavy atom. The van der Waals surface area contributed by atoms with Crippen LogP contribution in [0.3, 0.4) is 0 Å². The second-order valence-corrected chi connectivity index (χ2v) is 8.28. The van der Waals surface area contributed by atoms with Crippen LogP contribution in [0.2, 0.25) is 0 Å². The van der Waals surface area contributed by atoms with Gasteiger partial charge in [0.2, 0.25) is 5.91 Å². The topological polar surface area (TPSA) is 85.6 Å². The highest BCUT2D eigenvalue weighted by Crippen LogP contribution is 2.29. The highest BCUT2D eigenvalue weighted by molar-refractivity contribution is 5.85. The van der Waals surface area contributed by atoms with Crippen molar-refractivity contribution in [1.82, 2.24) is 19.9 Å². The van der Waals surface area contributed by atoms with Gasteiger partial charge in [-0.1, -0.05) is 26.0 Å². The maximum Gasteiger partial charge on any atom is 0.328 e. The number of aromatic nitrogens is 3. The molecule has 2 aromatic heterocycles. The van der Waals surface area contributed by atoms with Gasteiger partial charge in [-0.2, -0.15) is 5.10 Å². The predicted molar refractivity (Wildman–Crippen MR) is 120 cm³/mol. The van der Waals surface area contributed by atoms with Gasteiger partial charge in [0.05, 0.1) is 12.8 Å². The first-order chi connectivity index (χ1) is 15.1. The standard InChI is InChI=1S/C24H29FN4O3/c1-13(2)22(24(31)32-6)27-20(30)12-11-19-14(3)26-23-21(15(4)28-29(23)16(19)5)17-7-9-18(25)10-8-17/h7-10,13,22H,11-12H2,1-6H3,(H,27,30)/t22-/m0/s1. The maximum atomic E-state index is 13.4. The van der Waals surface area contributed by atoms with E-state index in [1.807, 2.05) is 34.6 Å². The van der Waals surface area contributed by atoms with Crippen LogP contribution in [0.15, 0.2) is 24.3 Å². The summed E-state index contributed by atoms with van der Waals surface area (Å²) < 4.78 is 19.9. The molecule has 1 N–H and O–H groups in total. The van der Waals surface area contributed by atoms with Crippen LogP contribution in [0.5, 0.6) is 0 Å². The Balaban J connectivity index is 1.87. The summed E-state index contributed by atoms with van der Waals surface area (Å²) in [5, 5.41) is 7.41. The molecule has 3 aromatic rings. The number of esters is 1. The van der Waals surface area contributed by atoms with Crippen molar-refractivity contribution in [2.75, 3.05) is 7.11 Å².